The first kappa shape index (κ1) is 13.7. The van der Waals surface area contributed by atoms with Gasteiger partial charge in [0.2, 0.25) is 5.91 Å². The van der Waals surface area contributed by atoms with Gasteiger partial charge in [0, 0.05) is 31.0 Å². The molecule has 0 unspecified atom stereocenters. The zero-order chi connectivity index (χ0) is 13.4. The molecule has 0 saturated heterocycles. The highest BCUT2D eigenvalue weighted by Gasteiger charge is 2.02. The van der Waals surface area contributed by atoms with Crippen LogP contribution in [0.4, 0.5) is 0 Å². The first-order chi connectivity index (χ1) is 8.63. The molecule has 1 aromatic carbocycles. The van der Waals surface area contributed by atoms with Gasteiger partial charge in [-0.3, -0.25) is 15.0 Å². The maximum Gasteiger partial charge on any atom is 0.265 e. The third kappa shape index (κ3) is 4.68. The van der Waals surface area contributed by atoms with Crippen LogP contribution in [-0.2, 0) is 4.79 Å². The molecule has 0 fully saturated rings. The van der Waals surface area contributed by atoms with Gasteiger partial charge < -0.3 is 5.32 Å². The number of amides is 2. The molecule has 0 saturated carbocycles. The normalized spacial score (nSPS) is 9.00. The zero-order valence-electron chi connectivity index (χ0n) is 10.1. The van der Waals surface area contributed by atoms with Crippen molar-refractivity contribution in [3.05, 3.63) is 35.4 Å². The van der Waals surface area contributed by atoms with E-state index in [-0.39, 0.29) is 11.8 Å². The Labute approximate surface area is 106 Å². The van der Waals surface area contributed by atoms with Gasteiger partial charge in [-0.15, -0.1) is 0 Å². The van der Waals surface area contributed by atoms with Crippen LogP contribution in [0.25, 0.3) is 0 Å². The molecule has 1 rings (SSSR count). The van der Waals surface area contributed by atoms with Crippen LogP contribution in [-0.4, -0.2) is 18.4 Å². The standard InChI is InChI=1S/C13H15N3O2/c1-10(17)15-8-3-2-5-11-6-4-7-12(9-11)13(18)16-14/h4,6-7,9H,3,8,14H2,1H3,(H,15,17)(H,16,18). The molecule has 0 radical (unpaired) electrons. The van der Waals surface area contributed by atoms with E-state index < -0.39 is 0 Å². The van der Waals surface area contributed by atoms with Gasteiger partial charge >= 0.3 is 0 Å². The van der Waals surface area contributed by atoms with Crippen LogP contribution in [0, 0.1) is 11.8 Å². The first-order valence-electron chi connectivity index (χ1n) is 5.48. The lowest BCUT2D eigenvalue weighted by Gasteiger charge is -1.99. The van der Waals surface area contributed by atoms with Crippen molar-refractivity contribution in [2.24, 2.45) is 5.84 Å². The van der Waals surface area contributed by atoms with Crippen LogP contribution in [0.5, 0.6) is 0 Å². The third-order valence-electron chi connectivity index (χ3n) is 2.11. The van der Waals surface area contributed by atoms with Crippen LogP contribution in [0.2, 0.25) is 0 Å². The molecular weight excluding hydrogens is 230 g/mol. The number of carbonyl (C=O) groups is 2. The van der Waals surface area contributed by atoms with E-state index in [0.29, 0.717) is 18.5 Å². The smallest absolute Gasteiger partial charge is 0.265 e. The average molecular weight is 245 g/mol. The Hall–Kier alpha value is -2.32. The molecule has 5 nitrogen and oxygen atoms in total. The van der Waals surface area contributed by atoms with E-state index in [1.165, 1.54) is 6.92 Å². The van der Waals surface area contributed by atoms with Gasteiger partial charge in [0.05, 0.1) is 0 Å². The minimum absolute atomic E-state index is 0.0709. The summed E-state index contributed by atoms with van der Waals surface area (Å²) in [4.78, 5) is 21.9. The van der Waals surface area contributed by atoms with Gasteiger partial charge in [-0.2, -0.15) is 0 Å². The molecule has 18 heavy (non-hydrogen) atoms. The number of benzene rings is 1. The number of hydrogen-bond donors (Lipinski definition) is 3. The molecule has 0 spiro atoms. The van der Waals surface area contributed by atoms with E-state index in [1.807, 2.05) is 0 Å². The van der Waals surface area contributed by atoms with Gasteiger partial charge in [0.15, 0.2) is 0 Å². The van der Waals surface area contributed by atoms with Gasteiger partial charge in [0.1, 0.15) is 0 Å². The second kappa shape index (κ2) is 7.09. The summed E-state index contributed by atoms with van der Waals surface area (Å²) < 4.78 is 0. The minimum Gasteiger partial charge on any atom is -0.355 e. The lowest BCUT2D eigenvalue weighted by atomic mass is 10.1. The average Bonchev–Trinajstić information content (AvgIpc) is 2.37. The summed E-state index contributed by atoms with van der Waals surface area (Å²) in [5.41, 5.74) is 3.26. The maximum absolute atomic E-state index is 11.3. The van der Waals surface area contributed by atoms with Crippen molar-refractivity contribution in [1.82, 2.24) is 10.7 Å². The maximum atomic E-state index is 11.3. The van der Waals surface area contributed by atoms with Crippen molar-refractivity contribution in [2.75, 3.05) is 6.54 Å². The number of nitrogens with two attached hydrogens (primary N) is 1. The predicted molar refractivity (Wildman–Crippen MR) is 68.3 cm³/mol. The largest absolute Gasteiger partial charge is 0.355 e. The van der Waals surface area contributed by atoms with Gasteiger partial charge in [0.25, 0.3) is 5.91 Å². The number of nitrogen functional groups attached to an aromatic ring is 1. The summed E-state index contributed by atoms with van der Waals surface area (Å²) in [6.07, 6.45) is 0.562. The molecule has 5 heteroatoms. The fourth-order valence-corrected chi connectivity index (χ4v) is 1.29. The predicted octanol–water partition coefficient (Wildman–Crippen LogP) is 0.168. The highest BCUT2D eigenvalue weighted by molar-refractivity contribution is 5.94. The summed E-state index contributed by atoms with van der Waals surface area (Å²) in [5, 5.41) is 2.65. The van der Waals surface area contributed by atoms with Crippen LogP contribution in [0.1, 0.15) is 29.3 Å². The Balaban J connectivity index is 2.59. The molecule has 0 heterocycles. The van der Waals surface area contributed by atoms with Crippen LogP contribution >= 0.6 is 0 Å². The second-order valence-corrected chi connectivity index (χ2v) is 3.59. The van der Waals surface area contributed by atoms with Gasteiger partial charge in [-0.05, 0) is 18.2 Å². The first-order valence-corrected chi connectivity index (χ1v) is 5.48. The minimum atomic E-state index is -0.350. The lowest BCUT2D eigenvalue weighted by Crippen LogP contribution is -2.29. The lowest BCUT2D eigenvalue weighted by molar-refractivity contribution is -0.118. The van der Waals surface area contributed by atoms with Gasteiger partial charge in [-0.1, -0.05) is 17.9 Å². The van der Waals surface area contributed by atoms with E-state index in [9.17, 15) is 9.59 Å². The van der Waals surface area contributed by atoms with Crippen LogP contribution in [0.3, 0.4) is 0 Å². The van der Waals surface area contributed by atoms with Crippen molar-refractivity contribution in [1.29, 1.82) is 0 Å². The Morgan fingerprint density at radius 3 is 2.83 bits per heavy atom. The van der Waals surface area contributed by atoms with Crippen molar-refractivity contribution >= 4 is 11.8 Å². The Morgan fingerprint density at radius 1 is 1.39 bits per heavy atom. The van der Waals surface area contributed by atoms with Crippen molar-refractivity contribution in [2.45, 2.75) is 13.3 Å². The topological polar surface area (TPSA) is 84.2 Å². The summed E-state index contributed by atoms with van der Waals surface area (Å²) in [6.45, 7) is 1.98. The molecular formula is C13H15N3O2. The Bertz CT molecular complexity index is 500. The molecule has 0 atom stereocenters. The molecule has 0 aromatic heterocycles. The SMILES string of the molecule is CC(=O)NCCC#Cc1cccc(C(=O)NN)c1. The van der Waals surface area contributed by atoms with Crippen LogP contribution < -0.4 is 16.6 Å². The molecule has 1 aromatic rings. The molecule has 0 bridgehead atoms. The fraction of sp³-hybridized carbons (Fsp3) is 0.231. The molecule has 4 N–H and O–H groups in total. The second-order valence-electron chi connectivity index (χ2n) is 3.59. The summed E-state index contributed by atoms with van der Waals surface area (Å²) in [6, 6.07) is 6.86. The number of nitrogens with one attached hydrogen (secondary N) is 2. The quantitative estimate of drug-likeness (QED) is 0.233. The van der Waals surface area contributed by atoms with Crippen LogP contribution in [0.15, 0.2) is 24.3 Å². The van der Waals surface area contributed by atoms with E-state index in [2.05, 4.69) is 22.6 Å². The highest BCUT2D eigenvalue weighted by Crippen LogP contribution is 2.03. The zero-order valence-corrected chi connectivity index (χ0v) is 10.1. The molecule has 0 aliphatic carbocycles. The van der Waals surface area contributed by atoms with Crippen molar-refractivity contribution < 1.29 is 9.59 Å². The summed E-state index contributed by atoms with van der Waals surface area (Å²) >= 11 is 0. The van der Waals surface area contributed by atoms with E-state index in [4.69, 9.17) is 5.84 Å². The number of rotatable bonds is 3. The van der Waals surface area contributed by atoms with Crippen molar-refractivity contribution in [3.8, 4) is 11.8 Å². The molecule has 94 valence electrons. The van der Waals surface area contributed by atoms with Gasteiger partial charge in [-0.25, -0.2) is 5.84 Å². The van der Waals surface area contributed by atoms with E-state index in [0.717, 1.165) is 5.56 Å². The fourth-order valence-electron chi connectivity index (χ4n) is 1.29. The number of hydrogen-bond acceptors (Lipinski definition) is 3. The Morgan fingerprint density at radius 2 is 2.17 bits per heavy atom. The van der Waals surface area contributed by atoms with Crippen molar-refractivity contribution in [3.63, 3.8) is 0 Å². The van der Waals surface area contributed by atoms with E-state index in [1.54, 1.807) is 24.3 Å². The Kier molecular flexibility index (Phi) is 5.42. The number of carbonyl (C=O) groups excluding carboxylic acids is 2. The number of hydrazine groups is 1. The molecule has 0 aliphatic heterocycles. The summed E-state index contributed by atoms with van der Waals surface area (Å²) in [5.74, 6) is 10.5. The molecule has 0 aliphatic rings. The third-order valence-corrected chi connectivity index (χ3v) is 2.11. The highest BCUT2D eigenvalue weighted by atomic mass is 16.2. The molecule has 2 amide bonds. The van der Waals surface area contributed by atoms with E-state index >= 15 is 0 Å². The monoisotopic (exact) mass is 245 g/mol. The summed E-state index contributed by atoms with van der Waals surface area (Å²) in [7, 11) is 0.